The zero-order chi connectivity index (χ0) is 15.9. The second-order valence-electron chi connectivity index (χ2n) is 3.78. The Kier molecular flexibility index (Phi) is 6.12. The predicted molar refractivity (Wildman–Crippen MR) is 61.4 cm³/mol. The average molecular weight is 308 g/mol. The Morgan fingerprint density at radius 2 is 1.90 bits per heavy atom. The molecule has 0 saturated heterocycles. The van der Waals surface area contributed by atoms with E-state index in [1.165, 1.54) is 24.3 Å². The monoisotopic (exact) mass is 308 g/mol. The van der Waals surface area contributed by atoms with Crippen molar-refractivity contribution in [1.82, 2.24) is 0 Å². The van der Waals surface area contributed by atoms with E-state index in [1.54, 1.807) is 0 Å². The molecule has 1 aromatic carbocycles. The normalized spacial score (nSPS) is 12.7. The van der Waals surface area contributed by atoms with Crippen molar-refractivity contribution < 1.29 is 42.4 Å². The first kappa shape index (κ1) is 16.9. The molecule has 0 amide bonds. The number of alkyl halides is 3. The van der Waals surface area contributed by atoms with Gasteiger partial charge in [-0.15, -0.1) is 18.1 Å². The highest BCUT2D eigenvalue weighted by atomic mass is 19.4. The number of benzene rings is 1. The van der Waals surface area contributed by atoms with E-state index in [2.05, 4.69) is 9.78 Å². The molecule has 0 aliphatic heterocycles. The van der Waals surface area contributed by atoms with Crippen LogP contribution >= 0.6 is 0 Å². The first-order valence-electron chi connectivity index (χ1n) is 5.61. The maximum Gasteiger partial charge on any atom is 0.549 e. The lowest BCUT2D eigenvalue weighted by Gasteiger charge is -2.13. The van der Waals surface area contributed by atoms with Crippen LogP contribution in [-0.2, 0) is 25.8 Å². The van der Waals surface area contributed by atoms with Crippen molar-refractivity contribution >= 4 is 12.3 Å². The highest BCUT2D eigenvalue weighted by Crippen LogP contribution is 2.19. The van der Waals surface area contributed by atoms with E-state index in [1.807, 2.05) is 0 Å². The molecule has 0 aromatic heterocycles. The van der Waals surface area contributed by atoms with Crippen LogP contribution in [-0.4, -0.2) is 36.4 Å². The van der Waals surface area contributed by atoms with Crippen LogP contribution in [0.15, 0.2) is 24.3 Å². The minimum absolute atomic E-state index is 0.139. The number of ether oxygens (including phenoxy) is 1. The van der Waals surface area contributed by atoms with Gasteiger partial charge in [0, 0.05) is 6.42 Å². The van der Waals surface area contributed by atoms with E-state index in [0.29, 0.717) is 17.6 Å². The fourth-order valence-electron chi connectivity index (χ4n) is 1.34. The van der Waals surface area contributed by atoms with Gasteiger partial charge in [0.2, 0.25) is 0 Å². The standard InChI is InChI=1S/C12H11F3O6/c13-12(14,15)21-20-10(11(17)18)7-8-1-3-9(4-2-8)19-6-5-16/h1-5,10H,6-7H2,(H,17,18). The molecule has 21 heavy (non-hydrogen) atoms. The van der Waals surface area contributed by atoms with E-state index in [9.17, 15) is 22.8 Å². The van der Waals surface area contributed by atoms with Gasteiger partial charge in [-0.2, -0.15) is 0 Å². The second kappa shape index (κ2) is 7.60. The molecule has 0 fully saturated rings. The Morgan fingerprint density at radius 1 is 1.29 bits per heavy atom. The van der Waals surface area contributed by atoms with Crippen LogP contribution in [0.1, 0.15) is 5.56 Å². The van der Waals surface area contributed by atoms with Gasteiger partial charge in [-0.25, -0.2) is 9.68 Å². The number of hydrogen-bond acceptors (Lipinski definition) is 5. The highest BCUT2D eigenvalue weighted by Gasteiger charge is 2.34. The molecule has 9 heteroatoms. The molecule has 1 rings (SSSR count). The summed E-state index contributed by atoms with van der Waals surface area (Å²) in [5.74, 6) is -1.23. The Bertz CT molecular complexity index is 471. The Hall–Kier alpha value is -2.13. The van der Waals surface area contributed by atoms with Gasteiger partial charge in [-0.05, 0) is 17.7 Å². The molecule has 0 radical (unpaired) electrons. The number of carbonyl (C=O) groups is 2. The van der Waals surface area contributed by atoms with Gasteiger partial charge in [0.25, 0.3) is 0 Å². The number of aliphatic carboxylic acids is 1. The van der Waals surface area contributed by atoms with E-state index in [0.717, 1.165) is 0 Å². The van der Waals surface area contributed by atoms with Crippen molar-refractivity contribution in [2.24, 2.45) is 0 Å². The number of aldehydes is 1. The molecule has 1 aromatic rings. The largest absolute Gasteiger partial charge is 0.549 e. The third-order valence-electron chi connectivity index (χ3n) is 2.20. The lowest BCUT2D eigenvalue weighted by Crippen LogP contribution is -2.29. The third-order valence-corrected chi connectivity index (χ3v) is 2.20. The van der Waals surface area contributed by atoms with Crippen molar-refractivity contribution in [1.29, 1.82) is 0 Å². The van der Waals surface area contributed by atoms with E-state index >= 15 is 0 Å². The summed E-state index contributed by atoms with van der Waals surface area (Å²) in [4.78, 5) is 27.8. The molecule has 0 spiro atoms. The van der Waals surface area contributed by atoms with Crippen LogP contribution in [0.3, 0.4) is 0 Å². The molecule has 0 saturated carbocycles. The van der Waals surface area contributed by atoms with Crippen molar-refractivity contribution in [2.45, 2.75) is 18.9 Å². The number of carbonyl (C=O) groups excluding carboxylic acids is 1. The third kappa shape index (κ3) is 6.72. The van der Waals surface area contributed by atoms with Crippen molar-refractivity contribution in [3.8, 4) is 5.75 Å². The van der Waals surface area contributed by atoms with Crippen LogP contribution in [0, 0.1) is 0 Å². The molecule has 1 unspecified atom stereocenters. The SMILES string of the molecule is O=CCOc1ccc(CC(OOC(F)(F)F)C(=O)O)cc1. The van der Waals surface area contributed by atoms with Crippen LogP contribution in [0.4, 0.5) is 13.2 Å². The van der Waals surface area contributed by atoms with Gasteiger partial charge in [0.1, 0.15) is 12.4 Å². The summed E-state index contributed by atoms with van der Waals surface area (Å²) >= 11 is 0. The minimum atomic E-state index is -5.08. The summed E-state index contributed by atoms with van der Waals surface area (Å²) in [6.45, 7) is -0.139. The van der Waals surface area contributed by atoms with Gasteiger partial charge in [0.05, 0.1) is 0 Å². The number of carboxylic acid groups (broad SMARTS) is 1. The number of rotatable bonds is 8. The molecular weight excluding hydrogens is 297 g/mol. The summed E-state index contributed by atoms with van der Waals surface area (Å²) in [6.07, 6.45) is -6.68. The zero-order valence-electron chi connectivity index (χ0n) is 10.5. The maximum absolute atomic E-state index is 11.8. The first-order valence-corrected chi connectivity index (χ1v) is 5.61. The van der Waals surface area contributed by atoms with Gasteiger partial charge in [0.15, 0.2) is 12.4 Å². The van der Waals surface area contributed by atoms with Gasteiger partial charge < -0.3 is 9.84 Å². The first-order chi connectivity index (χ1) is 9.81. The van der Waals surface area contributed by atoms with Crippen molar-refractivity contribution in [3.05, 3.63) is 29.8 Å². The van der Waals surface area contributed by atoms with E-state index in [4.69, 9.17) is 9.84 Å². The Morgan fingerprint density at radius 3 is 2.38 bits per heavy atom. The maximum atomic E-state index is 11.8. The topological polar surface area (TPSA) is 82.1 Å². The molecule has 1 atom stereocenters. The number of carboxylic acids is 1. The number of halogens is 3. The molecule has 0 aliphatic rings. The molecule has 0 bridgehead atoms. The van der Waals surface area contributed by atoms with Crippen molar-refractivity contribution in [2.75, 3.05) is 6.61 Å². The lowest BCUT2D eigenvalue weighted by molar-refractivity contribution is -0.492. The summed E-state index contributed by atoms with van der Waals surface area (Å²) < 4.78 is 40.4. The summed E-state index contributed by atoms with van der Waals surface area (Å²) in [6, 6.07) is 5.77. The molecule has 0 aliphatic carbocycles. The number of hydrogen-bond donors (Lipinski definition) is 1. The Labute approximate surface area is 117 Å². The second-order valence-corrected chi connectivity index (χ2v) is 3.78. The van der Waals surface area contributed by atoms with Gasteiger partial charge >= 0.3 is 12.3 Å². The van der Waals surface area contributed by atoms with Crippen LogP contribution in [0.25, 0.3) is 0 Å². The molecule has 6 nitrogen and oxygen atoms in total. The minimum Gasteiger partial charge on any atom is -0.486 e. The zero-order valence-corrected chi connectivity index (χ0v) is 10.5. The fourth-order valence-corrected chi connectivity index (χ4v) is 1.34. The summed E-state index contributed by atoms with van der Waals surface area (Å²) in [7, 11) is 0. The van der Waals surface area contributed by atoms with E-state index in [-0.39, 0.29) is 13.0 Å². The van der Waals surface area contributed by atoms with Crippen LogP contribution < -0.4 is 4.74 Å². The molecule has 116 valence electrons. The average Bonchev–Trinajstić information content (AvgIpc) is 2.41. The molecule has 1 N–H and O–H groups in total. The van der Waals surface area contributed by atoms with Crippen LogP contribution in [0.5, 0.6) is 5.75 Å². The molecular formula is C12H11F3O6. The Balaban J connectivity index is 2.62. The fraction of sp³-hybridized carbons (Fsp3) is 0.333. The summed E-state index contributed by atoms with van der Waals surface area (Å²) in [5.41, 5.74) is 0.395. The van der Waals surface area contributed by atoms with Gasteiger partial charge in [-0.1, -0.05) is 12.1 Å². The van der Waals surface area contributed by atoms with Gasteiger partial charge in [-0.3, -0.25) is 4.79 Å². The molecule has 0 heterocycles. The van der Waals surface area contributed by atoms with Crippen LogP contribution in [0.2, 0.25) is 0 Å². The summed E-state index contributed by atoms with van der Waals surface area (Å²) in [5, 5.41) is 8.77. The highest BCUT2D eigenvalue weighted by molar-refractivity contribution is 5.72. The smallest absolute Gasteiger partial charge is 0.486 e. The van der Waals surface area contributed by atoms with Crippen molar-refractivity contribution in [3.63, 3.8) is 0 Å². The predicted octanol–water partition coefficient (Wildman–Crippen LogP) is 1.73. The lowest BCUT2D eigenvalue weighted by atomic mass is 10.1. The van der Waals surface area contributed by atoms with E-state index < -0.39 is 18.4 Å². The quantitative estimate of drug-likeness (QED) is 0.447.